The van der Waals surface area contributed by atoms with Crippen LogP contribution in [0.1, 0.15) is 30.0 Å². The lowest BCUT2D eigenvalue weighted by Crippen LogP contribution is -2.50. The molecule has 1 saturated heterocycles. The summed E-state index contributed by atoms with van der Waals surface area (Å²) >= 11 is 0. The van der Waals surface area contributed by atoms with Crippen molar-refractivity contribution in [3.8, 4) is 17.2 Å². The van der Waals surface area contributed by atoms with Gasteiger partial charge in [0.15, 0.2) is 12.4 Å². The number of amides is 1. The quantitative estimate of drug-likeness (QED) is 0.204. The van der Waals surface area contributed by atoms with E-state index in [-0.39, 0.29) is 36.5 Å². The molecular formula is C35H36N6O5. The molecule has 3 aromatic carbocycles. The van der Waals surface area contributed by atoms with Gasteiger partial charge in [0.1, 0.15) is 17.3 Å². The molecule has 5 aromatic rings. The molecule has 1 aliphatic rings. The largest absolute Gasteiger partial charge is 0.489 e. The molecule has 11 heteroatoms. The second-order valence-electron chi connectivity index (χ2n) is 11.5. The Bertz CT molecular complexity index is 1880. The molecular weight excluding hydrogens is 584 g/mol. The Morgan fingerprint density at radius 1 is 0.935 bits per heavy atom. The highest BCUT2D eigenvalue weighted by Gasteiger charge is 2.25. The van der Waals surface area contributed by atoms with E-state index in [1.807, 2.05) is 62.4 Å². The van der Waals surface area contributed by atoms with Gasteiger partial charge in [-0.3, -0.25) is 23.9 Å². The number of rotatable bonds is 11. The molecule has 0 atom stereocenters. The molecule has 46 heavy (non-hydrogen) atoms. The second-order valence-corrected chi connectivity index (χ2v) is 11.5. The number of imidazole rings is 1. The van der Waals surface area contributed by atoms with E-state index in [1.165, 1.54) is 0 Å². The number of Topliss-reactive ketones (excluding diaryl/α,β-unsaturated/α-hetero) is 1. The van der Waals surface area contributed by atoms with Gasteiger partial charge in [-0.05, 0) is 56.3 Å². The number of nitrogens with zero attached hydrogens (tertiary/aromatic N) is 6. The average Bonchev–Trinajstić information content (AvgIpc) is 3.58. The van der Waals surface area contributed by atoms with Crippen LogP contribution in [0.15, 0.2) is 96.3 Å². The fourth-order valence-electron chi connectivity index (χ4n) is 5.50. The number of benzene rings is 3. The van der Waals surface area contributed by atoms with E-state index in [1.54, 1.807) is 57.0 Å². The van der Waals surface area contributed by atoms with Crippen molar-refractivity contribution in [3.05, 3.63) is 113 Å². The lowest BCUT2D eigenvalue weighted by molar-refractivity contribution is -0.135. The molecule has 6 rings (SSSR count). The summed E-state index contributed by atoms with van der Waals surface area (Å²) in [5.74, 6) is 1.45. The van der Waals surface area contributed by atoms with Gasteiger partial charge < -0.3 is 18.9 Å². The number of ketones is 1. The topological polar surface area (TPSA) is 112 Å². The molecule has 1 fully saturated rings. The Morgan fingerprint density at radius 2 is 1.70 bits per heavy atom. The first-order chi connectivity index (χ1) is 22.4. The van der Waals surface area contributed by atoms with Gasteiger partial charge in [-0.2, -0.15) is 0 Å². The van der Waals surface area contributed by atoms with Crippen molar-refractivity contribution in [2.75, 3.05) is 32.8 Å². The fourth-order valence-corrected chi connectivity index (χ4v) is 5.50. The monoisotopic (exact) mass is 620 g/mol. The zero-order valence-electron chi connectivity index (χ0n) is 25.9. The summed E-state index contributed by atoms with van der Waals surface area (Å²) in [5.41, 5.74) is 1.23. The number of hydrogen-bond donors (Lipinski definition) is 0. The summed E-state index contributed by atoms with van der Waals surface area (Å²) in [6.45, 7) is 6.51. The minimum absolute atomic E-state index is 0.0235. The van der Waals surface area contributed by atoms with Crippen molar-refractivity contribution in [2.24, 2.45) is 0 Å². The number of para-hydroxylation sites is 2. The van der Waals surface area contributed by atoms with E-state index < -0.39 is 0 Å². The Balaban J connectivity index is 1.29. The summed E-state index contributed by atoms with van der Waals surface area (Å²) in [7, 11) is 0. The van der Waals surface area contributed by atoms with Crippen LogP contribution in [0.4, 0.5) is 0 Å². The maximum Gasteiger partial charge on any atom is 0.266 e. The summed E-state index contributed by atoms with van der Waals surface area (Å²) in [6, 6.07) is 21.7. The lowest BCUT2D eigenvalue weighted by Gasteiger charge is -2.34. The first kappa shape index (κ1) is 30.7. The van der Waals surface area contributed by atoms with Crippen LogP contribution in [0.25, 0.3) is 16.6 Å². The Morgan fingerprint density at radius 3 is 2.43 bits per heavy atom. The number of piperazine rings is 1. The number of ether oxygens (including phenoxy) is 2. The highest BCUT2D eigenvalue weighted by molar-refractivity contribution is 5.96. The summed E-state index contributed by atoms with van der Waals surface area (Å²) in [6.07, 6.45) is 4.78. The zero-order valence-corrected chi connectivity index (χ0v) is 25.9. The Hall–Kier alpha value is -5.29. The SMILES string of the molecule is CC(C)Oc1ccc(C(=O)Cn2ccnc2)cc1-n1c(CN2CCN(C(=O)COc3ccccc3)CC2)nc2ccccc2c1=O. The summed E-state index contributed by atoms with van der Waals surface area (Å²) in [5, 5.41) is 0.464. The third-order valence-electron chi connectivity index (χ3n) is 7.81. The second kappa shape index (κ2) is 13.8. The van der Waals surface area contributed by atoms with Crippen LogP contribution in [-0.4, -0.2) is 79.5 Å². The molecule has 0 bridgehead atoms. The summed E-state index contributed by atoms with van der Waals surface area (Å²) < 4.78 is 15.1. The predicted molar refractivity (Wildman–Crippen MR) is 173 cm³/mol. The van der Waals surface area contributed by atoms with Crippen LogP contribution >= 0.6 is 0 Å². The van der Waals surface area contributed by atoms with E-state index in [0.29, 0.717) is 72.2 Å². The van der Waals surface area contributed by atoms with Crippen LogP contribution in [0, 0.1) is 0 Å². The fraction of sp³-hybridized carbons (Fsp3) is 0.286. The number of fused-ring (bicyclic) bond motifs is 1. The standard InChI is InChI=1S/C35H36N6O5/c1-25(2)46-32-13-12-26(31(42)21-39-15-14-36-24-39)20-30(32)41-33(37-29-11-7-6-10-28(29)35(41)44)22-38-16-18-40(19-17-38)34(43)23-45-27-8-4-3-5-9-27/h3-15,20,24-25H,16-19,21-23H2,1-2H3. The van der Waals surface area contributed by atoms with Crippen molar-refractivity contribution in [3.63, 3.8) is 0 Å². The molecule has 0 aliphatic carbocycles. The third-order valence-corrected chi connectivity index (χ3v) is 7.81. The Labute approximate surface area is 266 Å². The van der Waals surface area contributed by atoms with Gasteiger partial charge in [-0.15, -0.1) is 0 Å². The van der Waals surface area contributed by atoms with Gasteiger partial charge in [0.05, 0.1) is 42.1 Å². The summed E-state index contributed by atoms with van der Waals surface area (Å²) in [4.78, 5) is 53.3. The molecule has 2 aromatic heterocycles. The van der Waals surface area contributed by atoms with E-state index >= 15 is 0 Å². The van der Waals surface area contributed by atoms with E-state index in [2.05, 4.69) is 9.88 Å². The zero-order chi connectivity index (χ0) is 32.0. The van der Waals surface area contributed by atoms with Gasteiger partial charge in [-0.25, -0.2) is 9.97 Å². The van der Waals surface area contributed by atoms with Crippen LogP contribution in [0.2, 0.25) is 0 Å². The average molecular weight is 621 g/mol. The predicted octanol–water partition coefficient (Wildman–Crippen LogP) is 3.98. The molecule has 0 radical (unpaired) electrons. The van der Waals surface area contributed by atoms with E-state index in [9.17, 15) is 14.4 Å². The van der Waals surface area contributed by atoms with E-state index in [4.69, 9.17) is 14.5 Å². The van der Waals surface area contributed by atoms with Crippen LogP contribution in [-0.2, 0) is 17.9 Å². The van der Waals surface area contributed by atoms with Crippen LogP contribution < -0.4 is 15.0 Å². The van der Waals surface area contributed by atoms with Gasteiger partial charge in [0.25, 0.3) is 11.5 Å². The molecule has 1 aliphatic heterocycles. The van der Waals surface area contributed by atoms with Crippen LogP contribution in [0.5, 0.6) is 11.5 Å². The maximum atomic E-state index is 14.2. The minimum atomic E-state index is -0.250. The highest BCUT2D eigenvalue weighted by Crippen LogP contribution is 2.27. The first-order valence-electron chi connectivity index (χ1n) is 15.3. The lowest BCUT2D eigenvalue weighted by atomic mass is 10.1. The number of carbonyl (C=O) groups is 2. The molecule has 11 nitrogen and oxygen atoms in total. The molecule has 0 saturated carbocycles. The molecule has 236 valence electrons. The molecule has 0 unspecified atom stereocenters. The van der Waals surface area contributed by atoms with E-state index in [0.717, 1.165) is 0 Å². The minimum Gasteiger partial charge on any atom is -0.489 e. The van der Waals surface area contributed by atoms with Crippen LogP contribution in [0.3, 0.4) is 0 Å². The van der Waals surface area contributed by atoms with Crippen molar-refractivity contribution < 1.29 is 19.1 Å². The molecule has 0 spiro atoms. The number of carbonyl (C=O) groups excluding carboxylic acids is 2. The first-order valence-corrected chi connectivity index (χ1v) is 15.3. The molecule has 3 heterocycles. The smallest absolute Gasteiger partial charge is 0.266 e. The molecule has 1 amide bonds. The maximum absolute atomic E-state index is 14.2. The Kier molecular flexibility index (Phi) is 9.20. The van der Waals surface area contributed by atoms with Gasteiger partial charge in [0, 0.05) is 44.1 Å². The van der Waals surface area contributed by atoms with Gasteiger partial charge in [-0.1, -0.05) is 30.3 Å². The number of aromatic nitrogens is 4. The normalized spacial score (nSPS) is 13.7. The van der Waals surface area contributed by atoms with Crippen molar-refractivity contribution in [1.82, 2.24) is 28.9 Å². The third kappa shape index (κ3) is 7.00. The van der Waals surface area contributed by atoms with Gasteiger partial charge in [0.2, 0.25) is 0 Å². The van der Waals surface area contributed by atoms with Gasteiger partial charge >= 0.3 is 0 Å². The molecule has 0 N–H and O–H groups in total. The van der Waals surface area contributed by atoms with Crippen molar-refractivity contribution in [2.45, 2.75) is 33.0 Å². The van der Waals surface area contributed by atoms with Crippen molar-refractivity contribution in [1.29, 1.82) is 0 Å². The van der Waals surface area contributed by atoms with Crippen molar-refractivity contribution >= 4 is 22.6 Å². The number of hydrogen-bond acceptors (Lipinski definition) is 8. The highest BCUT2D eigenvalue weighted by atomic mass is 16.5.